The van der Waals surface area contributed by atoms with Crippen molar-refractivity contribution < 1.29 is 18.4 Å². The standard InChI is InChI=1S/C21H25N2O4P/c1-3-11-26-28(25)27-17-9-10-20-19(12-17)18(13-21(22)24)15(2)23(20)14-16-7-5-4-6-8-16/h4-10,12,28H,3,11,13-14H2,1-2H3,(H2,22,24). The molecule has 0 fully saturated rings. The van der Waals surface area contributed by atoms with Crippen LogP contribution in [-0.4, -0.2) is 17.1 Å². The Morgan fingerprint density at radius 1 is 1.18 bits per heavy atom. The van der Waals surface area contributed by atoms with Crippen molar-refractivity contribution in [3.05, 3.63) is 65.4 Å². The number of fused-ring (bicyclic) bond motifs is 1. The molecule has 0 radical (unpaired) electrons. The third-order valence-corrected chi connectivity index (χ3v) is 5.43. The van der Waals surface area contributed by atoms with Gasteiger partial charge in [0.05, 0.1) is 13.0 Å². The highest BCUT2D eigenvalue weighted by atomic mass is 31.1. The molecule has 0 spiro atoms. The normalized spacial score (nSPS) is 12.2. The smallest absolute Gasteiger partial charge is 0.367 e. The van der Waals surface area contributed by atoms with Crippen molar-refractivity contribution in [2.75, 3.05) is 6.61 Å². The lowest BCUT2D eigenvalue weighted by molar-refractivity contribution is -0.117. The molecule has 0 bridgehead atoms. The number of nitrogens with two attached hydrogens (primary N) is 1. The number of primary amides is 1. The van der Waals surface area contributed by atoms with Crippen LogP contribution < -0.4 is 10.3 Å². The fraction of sp³-hybridized carbons (Fsp3) is 0.286. The van der Waals surface area contributed by atoms with Gasteiger partial charge in [-0.1, -0.05) is 37.3 Å². The molecule has 1 unspecified atom stereocenters. The molecule has 6 nitrogen and oxygen atoms in total. The summed E-state index contributed by atoms with van der Waals surface area (Å²) < 4.78 is 24.7. The van der Waals surface area contributed by atoms with Crippen LogP contribution in [0.1, 0.15) is 30.2 Å². The second kappa shape index (κ2) is 9.09. The van der Waals surface area contributed by atoms with Crippen molar-refractivity contribution in [2.45, 2.75) is 33.2 Å². The van der Waals surface area contributed by atoms with E-state index in [2.05, 4.69) is 16.7 Å². The molecular weight excluding hydrogens is 375 g/mol. The third-order valence-electron chi connectivity index (χ3n) is 4.59. The van der Waals surface area contributed by atoms with E-state index in [4.69, 9.17) is 14.8 Å². The largest absolute Gasteiger partial charge is 0.426 e. The summed E-state index contributed by atoms with van der Waals surface area (Å²) >= 11 is 0. The van der Waals surface area contributed by atoms with Crippen LogP contribution in [0.4, 0.5) is 0 Å². The molecule has 1 heterocycles. The first-order valence-corrected chi connectivity index (χ1v) is 10.5. The molecule has 7 heteroatoms. The first kappa shape index (κ1) is 20.2. The minimum absolute atomic E-state index is 0.134. The van der Waals surface area contributed by atoms with Gasteiger partial charge in [0.25, 0.3) is 0 Å². The summed E-state index contributed by atoms with van der Waals surface area (Å²) in [5, 5.41) is 0.870. The SMILES string of the molecule is CCCO[PH](=O)Oc1ccc2c(c1)c(CC(N)=O)c(C)n2Cc1ccccc1. The Morgan fingerprint density at radius 2 is 1.93 bits per heavy atom. The van der Waals surface area contributed by atoms with E-state index < -0.39 is 14.2 Å². The van der Waals surface area contributed by atoms with E-state index in [9.17, 15) is 9.36 Å². The lowest BCUT2D eigenvalue weighted by Crippen LogP contribution is -2.14. The van der Waals surface area contributed by atoms with Crippen LogP contribution >= 0.6 is 8.25 Å². The molecule has 0 aliphatic heterocycles. The van der Waals surface area contributed by atoms with E-state index in [0.717, 1.165) is 34.1 Å². The van der Waals surface area contributed by atoms with E-state index in [0.29, 0.717) is 18.9 Å². The number of benzene rings is 2. The number of carbonyl (C=O) groups excluding carboxylic acids is 1. The van der Waals surface area contributed by atoms with Crippen LogP contribution in [0.25, 0.3) is 10.9 Å². The minimum atomic E-state index is -2.61. The van der Waals surface area contributed by atoms with Gasteiger partial charge in [-0.05, 0) is 42.7 Å². The topological polar surface area (TPSA) is 83.6 Å². The van der Waals surface area contributed by atoms with Crippen molar-refractivity contribution in [3.8, 4) is 5.75 Å². The van der Waals surface area contributed by atoms with Gasteiger partial charge in [0.15, 0.2) is 0 Å². The number of nitrogens with zero attached hydrogens (tertiary/aromatic N) is 1. The molecule has 3 aromatic rings. The monoisotopic (exact) mass is 400 g/mol. The van der Waals surface area contributed by atoms with Crippen LogP contribution in [0.5, 0.6) is 5.75 Å². The minimum Gasteiger partial charge on any atom is -0.426 e. The summed E-state index contributed by atoms with van der Waals surface area (Å²) in [5.74, 6) is 0.0584. The Morgan fingerprint density at radius 3 is 2.61 bits per heavy atom. The molecule has 0 aliphatic carbocycles. The van der Waals surface area contributed by atoms with Crippen LogP contribution in [0, 0.1) is 6.92 Å². The molecule has 1 aromatic heterocycles. The number of aromatic nitrogens is 1. The Labute approximate surface area is 165 Å². The van der Waals surface area contributed by atoms with Gasteiger partial charge in [-0.15, -0.1) is 0 Å². The molecule has 0 aliphatic rings. The molecule has 0 saturated carbocycles. The fourth-order valence-electron chi connectivity index (χ4n) is 3.27. The van der Waals surface area contributed by atoms with E-state index in [1.807, 2.05) is 38.1 Å². The van der Waals surface area contributed by atoms with Crippen LogP contribution in [0.15, 0.2) is 48.5 Å². The summed E-state index contributed by atoms with van der Waals surface area (Å²) in [4.78, 5) is 11.6. The summed E-state index contributed by atoms with van der Waals surface area (Å²) in [6.07, 6.45) is 0.901. The second-order valence-corrected chi connectivity index (χ2v) is 7.65. The highest BCUT2D eigenvalue weighted by Gasteiger charge is 2.17. The average Bonchev–Trinajstić information content (AvgIpc) is 2.92. The Bertz CT molecular complexity index is 999. The number of hydrogen-bond donors (Lipinski definition) is 1. The Balaban J connectivity index is 2.01. The number of rotatable bonds is 9. The number of hydrogen-bond acceptors (Lipinski definition) is 4. The van der Waals surface area contributed by atoms with Gasteiger partial charge in [0.2, 0.25) is 5.91 Å². The van der Waals surface area contributed by atoms with Crippen LogP contribution in [0.3, 0.4) is 0 Å². The maximum atomic E-state index is 11.9. The van der Waals surface area contributed by atoms with E-state index >= 15 is 0 Å². The van der Waals surface area contributed by atoms with Gasteiger partial charge in [-0.25, -0.2) is 4.57 Å². The fourth-order valence-corrected chi connectivity index (χ4v) is 4.02. The maximum absolute atomic E-state index is 11.9. The van der Waals surface area contributed by atoms with E-state index in [-0.39, 0.29) is 6.42 Å². The molecular formula is C21H25N2O4P. The Kier molecular flexibility index (Phi) is 6.55. The third kappa shape index (κ3) is 4.64. The van der Waals surface area contributed by atoms with Gasteiger partial charge in [-0.3, -0.25) is 4.79 Å². The van der Waals surface area contributed by atoms with Crippen molar-refractivity contribution in [1.29, 1.82) is 0 Å². The van der Waals surface area contributed by atoms with Gasteiger partial charge in [0, 0.05) is 23.1 Å². The van der Waals surface area contributed by atoms with Gasteiger partial charge in [0.1, 0.15) is 5.75 Å². The van der Waals surface area contributed by atoms with Crippen LogP contribution in [-0.2, 0) is 26.8 Å². The maximum Gasteiger partial charge on any atom is 0.367 e. The van der Waals surface area contributed by atoms with E-state index in [1.54, 1.807) is 12.1 Å². The zero-order chi connectivity index (χ0) is 20.1. The lowest BCUT2D eigenvalue weighted by Gasteiger charge is -2.10. The first-order chi connectivity index (χ1) is 13.5. The molecule has 1 atom stereocenters. The highest BCUT2D eigenvalue weighted by Crippen LogP contribution is 2.34. The predicted octanol–water partition coefficient (Wildman–Crippen LogP) is 4.22. The number of carbonyl (C=O) groups is 1. The molecule has 2 N–H and O–H groups in total. The summed E-state index contributed by atoms with van der Waals surface area (Å²) in [6, 6.07) is 15.6. The Hall–Kier alpha value is -2.56. The quantitative estimate of drug-likeness (QED) is 0.545. The second-order valence-electron chi connectivity index (χ2n) is 6.66. The van der Waals surface area contributed by atoms with Crippen molar-refractivity contribution in [1.82, 2.24) is 4.57 Å². The predicted molar refractivity (Wildman–Crippen MR) is 111 cm³/mol. The van der Waals surface area contributed by atoms with Crippen molar-refractivity contribution in [3.63, 3.8) is 0 Å². The van der Waals surface area contributed by atoms with Crippen molar-refractivity contribution in [2.24, 2.45) is 5.73 Å². The molecule has 148 valence electrons. The highest BCUT2D eigenvalue weighted by molar-refractivity contribution is 7.33. The molecule has 3 rings (SSSR count). The molecule has 1 amide bonds. The molecule has 0 saturated heterocycles. The first-order valence-electron chi connectivity index (χ1n) is 9.28. The van der Waals surface area contributed by atoms with Gasteiger partial charge >= 0.3 is 8.25 Å². The van der Waals surface area contributed by atoms with Crippen molar-refractivity contribution >= 4 is 25.1 Å². The lowest BCUT2D eigenvalue weighted by atomic mass is 10.1. The van der Waals surface area contributed by atoms with Gasteiger partial charge in [-0.2, -0.15) is 0 Å². The molecule has 28 heavy (non-hydrogen) atoms. The zero-order valence-electron chi connectivity index (χ0n) is 16.1. The summed E-state index contributed by atoms with van der Waals surface area (Å²) in [7, 11) is -2.61. The number of amides is 1. The summed E-state index contributed by atoms with van der Waals surface area (Å²) in [6.45, 7) is 4.99. The van der Waals surface area contributed by atoms with Crippen LogP contribution in [0.2, 0.25) is 0 Å². The zero-order valence-corrected chi connectivity index (χ0v) is 17.1. The molecule has 2 aromatic carbocycles. The van der Waals surface area contributed by atoms with Gasteiger partial charge < -0.3 is 19.3 Å². The summed E-state index contributed by atoms with van der Waals surface area (Å²) in [5.41, 5.74) is 9.44. The average molecular weight is 400 g/mol. The van der Waals surface area contributed by atoms with E-state index in [1.165, 1.54) is 0 Å².